The zero-order valence-corrected chi connectivity index (χ0v) is 27.3. The molecule has 1 N–H and O–H groups in total. The van der Waals surface area contributed by atoms with Gasteiger partial charge in [0.1, 0.15) is 12.1 Å². The number of rotatable bonds is 7. The zero-order chi connectivity index (χ0) is 33.1. The molecule has 4 aromatic rings. The van der Waals surface area contributed by atoms with E-state index < -0.39 is 6.36 Å². The van der Waals surface area contributed by atoms with Crippen molar-refractivity contribution in [3.05, 3.63) is 90.3 Å². The summed E-state index contributed by atoms with van der Waals surface area (Å²) in [6, 6.07) is 21.9. The van der Waals surface area contributed by atoms with Crippen molar-refractivity contribution in [2.45, 2.75) is 76.7 Å². The van der Waals surface area contributed by atoms with Crippen LogP contribution in [0.2, 0.25) is 0 Å². The number of para-hydroxylation sites is 1. The Morgan fingerprint density at radius 2 is 1.77 bits per heavy atom. The molecule has 1 aliphatic carbocycles. The fourth-order valence-electron chi connectivity index (χ4n) is 6.26. The van der Waals surface area contributed by atoms with Crippen LogP contribution >= 0.6 is 11.8 Å². The summed E-state index contributed by atoms with van der Waals surface area (Å²) in [5.41, 5.74) is 4.94. The molecule has 6 rings (SSSR count). The standard InChI is InChI=1S/C35H37F3N6O2S/c1-22(2)30-6-4-5-7-31(30)44-23(3)18-19-47-34(44)41-33(45)40-27-13-12-26(20-27)24-8-10-25(11-9-24)32-39-21-43(42-32)28-14-16-29(17-15-28)46-35(36,37)38/h4-11,14-17,21-23,26-27H,12-13,18-20H2,1-3H3,(H,40,45). The van der Waals surface area contributed by atoms with Crippen molar-refractivity contribution in [2.24, 2.45) is 4.99 Å². The number of amidine groups is 1. The molecule has 2 heterocycles. The van der Waals surface area contributed by atoms with Gasteiger partial charge in [0.2, 0.25) is 0 Å². The molecular weight excluding hydrogens is 625 g/mol. The number of nitrogens with one attached hydrogen (secondary N) is 1. The predicted molar refractivity (Wildman–Crippen MR) is 179 cm³/mol. The molecule has 1 saturated carbocycles. The van der Waals surface area contributed by atoms with Gasteiger partial charge >= 0.3 is 12.4 Å². The molecule has 47 heavy (non-hydrogen) atoms. The number of hydrogen-bond acceptors (Lipinski definition) is 5. The largest absolute Gasteiger partial charge is 0.573 e. The SMILES string of the molecule is CC(C)c1ccccc1N1C(=NC(=O)NC2CCC(c3ccc(-c4ncn(-c5ccc(OC(F)(F)F)cc5)n4)cc3)C2)SCCC1C. The number of halogens is 3. The van der Waals surface area contributed by atoms with Crippen LogP contribution in [0.4, 0.5) is 23.7 Å². The Hall–Kier alpha value is -4.32. The molecule has 246 valence electrons. The highest BCUT2D eigenvalue weighted by atomic mass is 32.2. The summed E-state index contributed by atoms with van der Waals surface area (Å²) in [5.74, 6) is 1.80. The molecule has 0 radical (unpaired) electrons. The van der Waals surface area contributed by atoms with Gasteiger partial charge in [-0.05, 0) is 85.9 Å². The average molecular weight is 663 g/mol. The number of carbonyl (C=O) groups is 1. The Kier molecular flexibility index (Phi) is 9.58. The third-order valence-corrected chi connectivity index (χ3v) is 9.64. The van der Waals surface area contributed by atoms with Crippen LogP contribution in [0.25, 0.3) is 17.1 Å². The van der Waals surface area contributed by atoms with Crippen LogP contribution in [0.1, 0.15) is 69.4 Å². The monoisotopic (exact) mass is 662 g/mol. The van der Waals surface area contributed by atoms with E-state index in [1.807, 2.05) is 18.2 Å². The topological polar surface area (TPSA) is 84.6 Å². The smallest absolute Gasteiger partial charge is 0.406 e. The van der Waals surface area contributed by atoms with Crippen LogP contribution in [0.15, 0.2) is 84.1 Å². The number of amides is 2. The Morgan fingerprint density at radius 3 is 2.49 bits per heavy atom. The molecule has 3 unspecified atom stereocenters. The molecule has 2 aliphatic rings. The maximum Gasteiger partial charge on any atom is 0.573 e. The number of ether oxygens (including phenoxy) is 1. The molecule has 2 fully saturated rings. The second-order valence-corrected chi connectivity index (χ2v) is 13.4. The van der Waals surface area contributed by atoms with Gasteiger partial charge in [0.05, 0.1) is 5.69 Å². The summed E-state index contributed by atoms with van der Waals surface area (Å²) < 4.78 is 42.8. The molecule has 0 bridgehead atoms. The Labute approximate surface area is 276 Å². The van der Waals surface area contributed by atoms with E-state index in [0.717, 1.165) is 47.9 Å². The lowest BCUT2D eigenvalue weighted by Crippen LogP contribution is -2.43. The fourth-order valence-corrected chi connectivity index (χ4v) is 7.47. The second-order valence-electron chi connectivity index (χ2n) is 12.3. The van der Waals surface area contributed by atoms with Gasteiger partial charge in [0.25, 0.3) is 0 Å². The minimum absolute atomic E-state index is 0.0456. The van der Waals surface area contributed by atoms with Crippen LogP contribution in [-0.2, 0) is 0 Å². The van der Waals surface area contributed by atoms with Gasteiger partial charge in [-0.2, -0.15) is 4.99 Å². The number of nitrogens with zero attached hydrogens (tertiary/aromatic N) is 5. The second kappa shape index (κ2) is 13.8. The van der Waals surface area contributed by atoms with Crippen molar-refractivity contribution < 1.29 is 22.7 Å². The molecule has 3 atom stereocenters. The third kappa shape index (κ3) is 7.81. The van der Waals surface area contributed by atoms with E-state index >= 15 is 0 Å². The normalized spacial score (nSPS) is 21.0. The molecule has 3 aromatic carbocycles. The average Bonchev–Trinajstić information content (AvgIpc) is 3.72. The highest BCUT2D eigenvalue weighted by molar-refractivity contribution is 8.14. The Balaban J connectivity index is 1.07. The van der Waals surface area contributed by atoms with Gasteiger partial charge in [-0.15, -0.1) is 18.3 Å². The number of benzene rings is 3. The summed E-state index contributed by atoms with van der Waals surface area (Å²) >= 11 is 1.64. The number of aromatic nitrogens is 3. The highest BCUT2D eigenvalue weighted by Crippen LogP contribution is 2.37. The van der Waals surface area contributed by atoms with Gasteiger partial charge in [-0.1, -0.05) is 68.1 Å². The van der Waals surface area contributed by atoms with Gasteiger partial charge in [-0.3, -0.25) is 0 Å². The molecule has 2 amide bonds. The number of alkyl halides is 3. The van der Waals surface area contributed by atoms with Crippen molar-refractivity contribution in [3.8, 4) is 22.8 Å². The lowest BCUT2D eigenvalue weighted by molar-refractivity contribution is -0.274. The molecule has 0 spiro atoms. The Morgan fingerprint density at radius 1 is 1.02 bits per heavy atom. The molecule has 12 heteroatoms. The van der Waals surface area contributed by atoms with Gasteiger partial charge in [0.15, 0.2) is 11.0 Å². The minimum Gasteiger partial charge on any atom is -0.406 e. The Bertz CT molecular complexity index is 1720. The first-order chi connectivity index (χ1) is 22.5. The molecule has 1 aliphatic heterocycles. The van der Waals surface area contributed by atoms with E-state index in [9.17, 15) is 18.0 Å². The molecule has 8 nitrogen and oxygen atoms in total. The lowest BCUT2D eigenvalue weighted by atomic mass is 9.96. The number of hydrogen-bond donors (Lipinski definition) is 1. The van der Waals surface area contributed by atoms with E-state index in [1.54, 1.807) is 11.8 Å². The number of anilines is 1. The summed E-state index contributed by atoms with van der Waals surface area (Å²) in [6.07, 6.45) is 0.474. The third-order valence-electron chi connectivity index (χ3n) is 8.66. The van der Waals surface area contributed by atoms with E-state index in [1.165, 1.54) is 46.4 Å². The molecular formula is C35H37F3N6O2S. The first-order valence-electron chi connectivity index (χ1n) is 15.8. The summed E-state index contributed by atoms with van der Waals surface area (Å²) in [7, 11) is 0. The predicted octanol–water partition coefficient (Wildman–Crippen LogP) is 8.69. The number of aliphatic imine (C=N–C) groups is 1. The lowest BCUT2D eigenvalue weighted by Gasteiger charge is -2.37. The maximum absolute atomic E-state index is 13.2. The van der Waals surface area contributed by atoms with E-state index in [-0.39, 0.29) is 23.9 Å². The van der Waals surface area contributed by atoms with E-state index in [0.29, 0.717) is 23.3 Å². The van der Waals surface area contributed by atoms with Crippen LogP contribution in [0.3, 0.4) is 0 Å². The van der Waals surface area contributed by atoms with Crippen molar-refractivity contribution >= 4 is 28.6 Å². The van der Waals surface area contributed by atoms with Crippen LogP contribution < -0.4 is 15.0 Å². The maximum atomic E-state index is 13.2. The summed E-state index contributed by atoms with van der Waals surface area (Å²) in [5, 5.41) is 8.42. The first kappa shape index (κ1) is 32.6. The van der Waals surface area contributed by atoms with E-state index in [2.05, 4.69) is 81.1 Å². The summed E-state index contributed by atoms with van der Waals surface area (Å²) in [4.78, 5) is 24.4. The summed E-state index contributed by atoms with van der Waals surface area (Å²) in [6.45, 7) is 6.56. The number of thioether (sulfide) groups is 1. The molecule has 1 aromatic heterocycles. The van der Waals surface area contributed by atoms with Crippen molar-refractivity contribution in [2.75, 3.05) is 10.7 Å². The number of carbonyl (C=O) groups excluding carboxylic acids is 1. The quantitative estimate of drug-likeness (QED) is 0.213. The van der Waals surface area contributed by atoms with Crippen LogP contribution in [-0.4, -0.2) is 50.2 Å². The van der Waals surface area contributed by atoms with Gasteiger partial charge in [0, 0.05) is 29.1 Å². The first-order valence-corrected chi connectivity index (χ1v) is 16.8. The highest BCUT2D eigenvalue weighted by Gasteiger charge is 2.32. The molecule has 1 saturated heterocycles. The van der Waals surface area contributed by atoms with Crippen molar-refractivity contribution in [1.29, 1.82) is 0 Å². The fraction of sp³-hybridized carbons (Fsp3) is 0.371. The zero-order valence-electron chi connectivity index (χ0n) is 26.4. The van der Waals surface area contributed by atoms with E-state index in [4.69, 9.17) is 0 Å². The van der Waals surface area contributed by atoms with Gasteiger partial charge in [-0.25, -0.2) is 14.5 Å². The van der Waals surface area contributed by atoms with Gasteiger partial charge < -0.3 is 15.0 Å². The van der Waals surface area contributed by atoms with Crippen molar-refractivity contribution in [3.63, 3.8) is 0 Å². The minimum atomic E-state index is -4.74. The van der Waals surface area contributed by atoms with Crippen molar-refractivity contribution in [1.82, 2.24) is 20.1 Å². The number of urea groups is 1. The van der Waals surface area contributed by atoms with Crippen LogP contribution in [0.5, 0.6) is 5.75 Å². The van der Waals surface area contributed by atoms with Crippen LogP contribution in [0, 0.1) is 0 Å².